The Hall–Kier alpha value is -1.84. The first-order valence-corrected chi connectivity index (χ1v) is 5.63. The minimum atomic E-state index is -0.902. The summed E-state index contributed by atoms with van der Waals surface area (Å²) in [5, 5.41) is 11.1. The van der Waals surface area contributed by atoms with Crippen LogP contribution in [0.3, 0.4) is 0 Å². The van der Waals surface area contributed by atoms with Gasteiger partial charge in [-0.1, -0.05) is 37.3 Å². The fourth-order valence-electron chi connectivity index (χ4n) is 1.53. The van der Waals surface area contributed by atoms with Gasteiger partial charge < -0.3 is 10.4 Å². The highest BCUT2D eigenvalue weighted by Crippen LogP contribution is 2.07. The molecule has 0 aliphatic rings. The van der Waals surface area contributed by atoms with Crippen molar-refractivity contribution >= 4 is 11.9 Å². The third-order valence-electron chi connectivity index (χ3n) is 2.47. The van der Waals surface area contributed by atoms with Crippen LogP contribution in [0.25, 0.3) is 0 Å². The van der Waals surface area contributed by atoms with E-state index in [4.69, 9.17) is 5.11 Å². The Morgan fingerprint density at radius 3 is 2.53 bits per heavy atom. The van der Waals surface area contributed by atoms with Crippen LogP contribution in [0.2, 0.25) is 0 Å². The van der Waals surface area contributed by atoms with Gasteiger partial charge in [0.1, 0.15) is 0 Å². The van der Waals surface area contributed by atoms with Gasteiger partial charge in [-0.05, 0) is 12.0 Å². The van der Waals surface area contributed by atoms with Crippen molar-refractivity contribution in [2.75, 3.05) is 6.54 Å². The van der Waals surface area contributed by atoms with Gasteiger partial charge in [0.25, 0.3) is 0 Å². The molecule has 17 heavy (non-hydrogen) atoms. The number of carbonyl (C=O) groups is 2. The van der Waals surface area contributed by atoms with Gasteiger partial charge in [0.05, 0.1) is 6.42 Å². The smallest absolute Gasteiger partial charge is 0.305 e. The summed E-state index contributed by atoms with van der Waals surface area (Å²) in [6.07, 6.45) is 0.629. The molecular weight excluding hydrogens is 218 g/mol. The van der Waals surface area contributed by atoms with E-state index in [1.54, 1.807) is 0 Å². The van der Waals surface area contributed by atoms with Crippen molar-refractivity contribution in [2.45, 2.75) is 19.8 Å². The maximum absolute atomic E-state index is 11.6. The monoisotopic (exact) mass is 235 g/mol. The van der Waals surface area contributed by atoms with E-state index in [0.717, 1.165) is 5.56 Å². The topological polar surface area (TPSA) is 66.4 Å². The molecule has 0 saturated heterocycles. The molecule has 4 heteroatoms. The van der Waals surface area contributed by atoms with Crippen molar-refractivity contribution in [2.24, 2.45) is 5.92 Å². The molecule has 1 unspecified atom stereocenters. The average Bonchev–Trinajstić information content (AvgIpc) is 2.29. The van der Waals surface area contributed by atoms with Crippen LogP contribution in [0.4, 0.5) is 0 Å². The van der Waals surface area contributed by atoms with E-state index in [9.17, 15) is 9.59 Å². The molecule has 2 N–H and O–H groups in total. The van der Waals surface area contributed by atoms with Crippen LogP contribution in [0.5, 0.6) is 0 Å². The first kappa shape index (κ1) is 13.2. The van der Waals surface area contributed by atoms with Crippen molar-refractivity contribution in [3.8, 4) is 0 Å². The number of hydrogen-bond acceptors (Lipinski definition) is 2. The van der Waals surface area contributed by atoms with Crippen LogP contribution in [0.1, 0.15) is 18.9 Å². The molecule has 1 amide bonds. The van der Waals surface area contributed by atoms with Crippen LogP contribution in [0.15, 0.2) is 30.3 Å². The first-order chi connectivity index (χ1) is 8.09. The van der Waals surface area contributed by atoms with Crippen LogP contribution in [-0.2, 0) is 16.0 Å². The number of amides is 1. The average molecular weight is 235 g/mol. The molecule has 0 radical (unpaired) electrons. The number of rotatable bonds is 6. The van der Waals surface area contributed by atoms with E-state index in [0.29, 0.717) is 6.42 Å². The Labute approximate surface area is 101 Å². The molecule has 1 rings (SSSR count). The van der Waals surface area contributed by atoms with Crippen LogP contribution >= 0.6 is 0 Å². The summed E-state index contributed by atoms with van der Waals surface area (Å²) in [7, 11) is 0. The lowest BCUT2D eigenvalue weighted by molar-refractivity contribution is -0.137. The Balaban J connectivity index is 2.34. The highest BCUT2D eigenvalue weighted by atomic mass is 16.4. The highest BCUT2D eigenvalue weighted by Gasteiger charge is 2.13. The second-order valence-electron chi connectivity index (χ2n) is 4.03. The summed E-state index contributed by atoms with van der Waals surface area (Å²) in [4.78, 5) is 21.9. The molecule has 0 fully saturated rings. The van der Waals surface area contributed by atoms with Gasteiger partial charge in [0.2, 0.25) is 5.91 Å². The number of carboxylic acid groups (broad SMARTS) is 1. The van der Waals surface area contributed by atoms with Gasteiger partial charge in [-0.3, -0.25) is 9.59 Å². The highest BCUT2D eigenvalue weighted by molar-refractivity contribution is 5.79. The molecule has 0 heterocycles. The maximum atomic E-state index is 11.6. The number of benzene rings is 1. The Bertz CT molecular complexity index is 376. The number of nitrogens with one attached hydrogen (secondary N) is 1. The summed E-state index contributed by atoms with van der Waals surface area (Å²) < 4.78 is 0. The molecule has 0 bridgehead atoms. The molecule has 4 nitrogen and oxygen atoms in total. The number of carboxylic acids is 1. The SMILES string of the molecule is CC(Cc1ccccc1)C(=O)NCCC(=O)O. The second kappa shape index (κ2) is 6.68. The van der Waals surface area contributed by atoms with Crippen molar-refractivity contribution in [3.63, 3.8) is 0 Å². The maximum Gasteiger partial charge on any atom is 0.305 e. The third kappa shape index (κ3) is 5.15. The molecule has 0 spiro atoms. The Morgan fingerprint density at radius 2 is 1.94 bits per heavy atom. The predicted octanol–water partition coefficient (Wildman–Crippen LogP) is 1.46. The number of aliphatic carboxylic acids is 1. The molecule has 0 aliphatic carbocycles. The molecule has 0 saturated carbocycles. The summed E-state index contributed by atoms with van der Waals surface area (Å²) in [5.74, 6) is -1.15. The van der Waals surface area contributed by atoms with E-state index in [1.165, 1.54) is 0 Å². The summed E-state index contributed by atoms with van der Waals surface area (Å²) in [6, 6.07) is 9.75. The van der Waals surface area contributed by atoms with Gasteiger partial charge in [0, 0.05) is 12.5 Å². The molecule has 1 aromatic rings. The van der Waals surface area contributed by atoms with Gasteiger partial charge >= 0.3 is 5.97 Å². The summed E-state index contributed by atoms with van der Waals surface area (Å²) in [5.41, 5.74) is 1.10. The molecule has 1 aromatic carbocycles. The zero-order valence-electron chi connectivity index (χ0n) is 9.85. The molecule has 92 valence electrons. The van der Waals surface area contributed by atoms with Gasteiger partial charge in [-0.25, -0.2) is 0 Å². The normalized spacial score (nSPS) is 11.8. The van der Waals surface area contributed by atoms with E-state index in [2.05, 4.69) is 5.32 Å². The molecule has 1 atom stereocenters. The van der Waals surface area contributed by atoms with Crippen LogP contribution < -0.4 is 5.32 Å². The molecule has 0 aromatic heterocycles. The van der Waals surface area contributed by atoms with E-state index in [-0.39, 0.29) is 24.8 Å². The first-order valence-electron chi connectivity index (χ1n) is 5.63. The van der Waals surface area contributed by atoms with Gasteiger partial charge in [-0.15, -0.1) is 0 Å². The quantitative estimate of drug-likeness (QED) is 0.784. The lowest BCUT2D eigenvalue weighted by Gasteiger charge is -2.11. The Kier molecular flexibility index (Phi) is 5.20. The predicted molar refractivity (Wildman–Crippen MR) is 64.6 cm³/mol. The minimum absolute atomic E-state index is 0.0379. The largest absolute Gasteiger partial charge is 0.481 e. The molecule has 0 aliphatic heterocycles. The third-order valence-corrected chi connectivity index (χ3v) is 2.47. The summed E-state index contributed by atoms with van der Waals surface area (Å²) in [6.45, 7) is 2.02. The van der Waals surface area contributed by atoms with Crippen molar-refractivity contribution in [1.82, 2.24) is 5.32 Å². The van der Waals surface area contributed by atoms with E-state index < -0.39 is 5.97 Å². The number of hydrogen-bond donors (Lipinski definition) is 2. The van der Waals surface area contributed by atoms with E-state index >= 15 is 0 Å². The minimum Gasteiger partial charge on any atom is -0.481 e. The Morgan fingerprint density at radius 1 is 1.29 bits per heavy atom. The van der Waals surface area contributed by atoms with Crippen LogP contribution in [-0.4, -0.2) is 23.5 Å². The lowest BCUT2D eigenvalue weighted by atomic mass is 10.0. The zero-order chi connectivity index (χ0) is 12.7. The van der Waals surface area contributed by atoms with Crippen molar-refractivity contribution in [1.29, 1.82) is 0 Å². The van der Waals surface area contributed by atoms with Crippen LogP contribution in [0, 0.1) is 5.92 Å². The number of carbonyl (C=O) groups excluding carboxylic acids is 1. The lowest BCUT2D eigenvalue weighted by Crippen LogP contribution is -2.31. The van der Waals surface area contributed by atoms with E-state index in [1.807, 2.05) is 37.3 Å². The summed E-state index contributed by atoms with van der Waals surface area (Å²) >= 11 is 0. The fourth-order valence-corrected chi connectivity index (χ4v) is 1.53. The van der Waals surface area contributed by atoms with Crippen molar-refractivity contribution in [3.05, 3.63) is 35.9 Å². The zero-order valence-corrected chi connectivity index (χ0v) is 9.85. The van der Waals surface area contributed by atoms with Gasteiger partial charge in [0.15, 0.2) is 0 Å². The molecular formula is C13H17NO3. The van der Waals surface area contributed by atoms with Crippen molar-refractivity contribution < 1.29 is 14.7 Å². The van der Waals surface area contributed by atoms with Gasteiger partial charge in [-0.2, -0.15) is 0 Å². The standard InChI is InChI=1S/C13H17NO3/c1-10(9-11-5-3-2-4-6-11)13(17)14-8-7-12(15)16/h2-6,10H,7-9H2,1H3,(H,14,17)(H,15,16). The second-order valence-corrected chi connectivity index (χ2v) is 4.03. The fraction of sp³-hybridized carbons (Fsp3) is 0.385.